The van der Waals surface area contributed by atoms with Crippen molar-refractivity contribution in [3.8, 4) is 0 Å². The fourth-order valence-electron chi connectivity index (χ4n) is 2.84. The molecule has 0 aliphatic carbocycles. The molecule has 1 aliphatic heterocycles. The lowest BCUT2D eigenvalue weighted by Gasteiger charge is -2.32. The van der Waals surface area contributed by atoms with Crippen LogP contribution < -0.4 is 0 Å². The van der Waals surface area contributed by atoms with Crippen molar-refractivity contribution >= 4 is 6.16 Å². The maximum Gasteiger partial charge on any atom is 0.509 e. The molecule has 1 fully saturated rings. The van der Waals surface area contributed by atoms with Crippen molar-refractivity contribution in [3.63, 3.8) is 0 Å². The molecular formula is C20H38O7. The molecule has 7 nitrogen and oxygen atoms in total. The van der Waals surface area contributed by atoms with Crippen molar-refractivity contribution in [3.05, 3.63) is 0 Å². The molecule has 0 bridgehead atoms. The topological polar surface area (TPSA) is 83.5 Å². The number of ether oxygens (including phenoxy) is 5. The Morgan fingerprint density at radius 2 is 1.56 bits per heavy atom. The number of aliphatic hydroxyl groups is 1. The minimum absolute atomic E-state index is 0.195. The van der Waals surface area contributed by atoms with E-state index in [1.165, 1.54) is 0 Å². The van der Waals surface area contributed by atoms with Crippen LogP contribution in [-0.2, 0) is 23.7 Å². The quantitative estimate of drug-likeness (QED) is 0.319. The molecule has 1 N–H and O–H groups in total. The van der Waals surface area contributed by atoms with Gasteiger partial charge in [-0.05, 0) is 26.2 Å². The summed E-state index contributed by atoms with van der Waals surface area (Å²) in [7, 11) is 0. The van der Waals surface area contributed by atoms with Gasteiger partial charge in [-0.3, -0.25) is 0 Å². The Labute approximate surface area is 163 Å². The molecule has 0 spiro atoms. The van der Waals surface area contributed by atoms with Crippen molar-refractivity contribution in [1.82, 2.24) is 0 Å². The molecule has 1 aliphatic rings. The zero-order valence-electron chi connectivity index (χ0n) is 17.4. The summed E-state index contributed by atoms with van der Waals surface area (Å²) in [5.74, 6) is 0. The minimum Gasteiger partial charge on any atom is -0.424 e. The molecule has 0 aromatic rings. The largest absolute Gasteiger partial charge is 0.509 e. The van der Waals surface area contributed by atoms with E-state index in [9.17, 15) is 9.90 Å². The Hall–Kier alpha value is -0.890. The first-order valence-electron chi connectivity index (χ1n) is 10.4. The highest BCUT2D eigenvalue weighted by molar-refractivity contribution is 5.62. The van der Waals surface area contributed by atoms with Gasteiger partial charge in [-0.25, -0.2) is 4.79 Å². The molecule has 1 rings (SSSR count). The van der Waals surface area contributed by atoms with E-state index in [0.717, 1.165) is 38.5 Å². The van der Waals surface area contributed by atoms with Crippen LogP contribution in [0, 0.1) is 0 Å². The van der Waals surface area contributed by atoms with Gasteiger partial charge >= 0.3 is 6.16 Å². The predicted molar refractivity (Wildman–Crippen MR) is 102 cm³/mol. The Balaban J connectivity index is 2.70. The molecule has 3 unspecified atom stereocenters. The maximum absolute atomic E-state index is 11.6. The standard InChI is InChI=1S/C20H38O7/c1-5-8-11-23-14-16-19(27-20(22)26-16)17(21)18(25-13-10-7-3)15(4)24-12-9-6-2/h15-19,21H,5-14H2,1-4H3/t15?,16-,17?,18+,19?/m1/s1. The summed E-state index contributed by atoms with van der Waals surface area (Å²) in [5, 5.41) is 10.9. The van der Waals surface area contributed by atoms with E-state index in [2.05, 4.69) is 20.8 Å². The van der Waals surface area contributed by atoms with Gasteiger partial charge in [0.25, 0.3) is 0 Å². The van der Waals surface area contributed by atoms with Gasteiger partial charge in [-0.15, -0.1) is 0 Å². The first-order valence-corrected chi connectivity index (χ1v) is 10.4. The Kier molecular flexibility index (Phi) is 12.7. The van der Waals surface area contributed by atoms with Crippen LogP contribution >= 0.6 is 0 Å². The van der Waals surface area contributed by atoms with Gasteiger partial charge in [0.2, 0.25) is 0 Å². The van der Waals surface area contributed by atoms with Crippen molar-refractivity contribution < 1.29 is 33.6 Å². The van der Waals surface area contributed by atoms with Crippen LogP contribution in [0.4, 0.5) is 4.79 Å². The van der Waals surface area contributed by atoms with Gasteiger partial charge in [0.1, 0.15) is 12.2 Å². The molecule has 1 saturated heterocycles. The SMILES string of the molecule is CCCCOC[C@H]1OC(=O)OC1C(O)[C@@H](OCCCC)C(C)OCCCC. The predicted octanol–water partition coefficient (Wildman–Crippen LogP) is 3.46. The highest BCUT2D eigenvalue weighted by Crippen LogP contribution is 2.24. The van der Waals surface area contributed by atoms with E-state index in [0.29, 0.717) is 19.8 Å². The summed E-state index contributed by atoms with van der Waals surface area (Å²) in [6.07, 6.45) is 1.55. The second-order valence-electron chi connectivity index (χ2n) is 7.03. The Bertz CT molecular complexity index is 391. The number of aliphatic hydroxyl groups excluding tert-OH is 1. The van der Waals surface area contributed by atoms with E-state index < -0.39 is 30.6 Å². The minimum atomic E-state index is -1.05. The van der Waals surface area contributed by atoms with Gasteiger partial charge in [0.05, 0.1) is 12.7 Å². The van der Waals surface area contributed by atoms with Crippen LogP contribution in [0.1, 0.15) is 66.2 Å². The van der Waals surface area contributed by atoms with Crippen molar-refractivity contribution in [2.45, 2.75) is 96.7 Å². The van der Waals surface area contributed by atoms with E-state index in [-0.39, 0.29) is 12.7 Å². The molecule has 0 saturated carbocycles. The van der Waals surface area contributed by atoms with Crippen LogP contribution in [-0.4, -0.2) is 68.2 Å². The summed E-state index contributed by atoms with van der Waals surface area (Å²) in [6, 6.07) is 0. The van der Waals surface area contributed by atoms with E-state index in [4.69, 9.17) is 23.7 Å². The van der Waals surface area contributed by atoms with Crippen LogP contribution in [0.3, 0.4) is 0 Å². The molecule has 7 heteroatoms. The highest BCUT2D eigenvalue weighted by atomic mass is 16.8. The third kappa shape index (κ3) is 8.77. The summed E-state index contributed by atoms with van der Waals surface area (Å²) < 4.78 is 27.7. The summed E-state index contributed by atoms with van der Waals surface area (Å²) in [6.45, 7) is 10.0. The highest BCUT2D eigenvalue weighted by Gasteiger charge is 2.46. The lowest BCUT2D eigenvalue weighted by Crippen LogP contribution is -2.50. The van der Waals surface area contributed by atoms with Crippen LogP contribution in [0.25, 0.3) is 0 Å². The number of hydrogen-bond donors (Lipinski definition) is 1. The van der Waals surface area contributed by atoms with E-state index >= 15 is 0 Å². The van der Waals surface area contributed by atoms with Crippen molar-refractivity contribution in [2.24, 2.45) is 0 Å². The average molecular weight is 391 g/mol. The van der Waals surface area contributed by atoms with Crippen LogP contribution in [0.15, 0.2) is 0 Å². The van der Waals surface area contributed by atoms with Crippen molar-refractivity contribution in [1.29, 1.82) is 0 Å². The Morgan fingerprint density at radius 1 is 0.963 bits per heavy atom. The second kappa shape index (κ2) is 14.2. The molecule has 0 radical (unpaired) electrons. The molecular weight excluding hydrogens is 352 g/mol. The first kappa shape index (κ1) is 24.1. The molecule has 1 heterocycles. The molecule has 5 atom stereocenters. The van der Waals surface area contributed by atoms with Crippen LogP contribution in [0.2, 0.25) is 0 Å². The molecule has 160 valence electrons. The maximum atomic E-state index is 11.6. The zero-order valence-corrected chi connectivity index (χ0v) is 17.4. The normalized spacial score (nSPS) is 22.9. The number of hydrogen-bond acceptors (Lipinski definition) is 7. The number of cyclic esters (lactones) is 2. The van der Waals surface area contributed by atoms with Crippen LogP contribution in [0.5, 0.6) is 0 Å². The zero-order chi connectivity index (χ0) is 20.1. The summed E-state index contributed by atoms with van der Waals surface area (Å²) in [5.41, 5.74) is 0. The van der Waals surface area contributed by atoms with Gasteiger partial charge in [-0.2, -0.15) is 0 Å². The summed E-state index contributed by atoms with van der Waals surface area (Å²) >= 11 is 0. The van der Waals surface area contributed by atoms with Gasteiger partial charge in [0.15, 0.2) is 12.2 Å². The van der Waals surface area contributed by atoms with Gasteiger partial charge in [0, 0.05) is 19.8 Å². The molecule has 0 aromatic heterocycles. The molecule has 0 amide bonds. The average Bonchev–Trinajstić information content (AvgIpc) is 3.02. The third-order valence-electron chi connectivity index (χ3n) is 4.59. The fourth-order valence-corrected chi connectivity index (χ4v) is 2.84. The number of rotatable bonds is 16. The monoisotopic (exact) mass is 390 g/mol. The van der Waals surface area contributed by atoms with Crippen molar-refractivity contribution in [2.75, 3.05) is 26.4 Å². The molecule has 0 aromatic carbocycles. The second-order valence-corrected chi connectivity index (χ2v) is 7.03. The lowest BCUT2D eigenvalue weighted by molar-refractivity contribution is -0.148. The first-order chi connectivity index (χ1) is 13.0. The number of carbonyl (C=O) groups is 1. The summed E-state index contributed by atoms with van der Waals surface area (Å²) in [4.78, 5) is 11.6. The fraction of sp³-hybridized carbons (Fsp3) is 0.950. The van der Waals surface area contributed by atoms with Gasteiger partial charge < -0.3 is 28.8 Å². The van der Waals surface area contributed by atoms with Gasteiger partial charge in [-0.1, -0.05) is 40.0 Å². The number of unbranched alkanes of at least 4 members (excludes halogenated alkanes) is 3. The number of carbonyl (C=O) groups excluding carboxylic acids is 1. The smallest absolute Gasteiger partial charge is 0.424 e. The molecule has 27 heavy (non-hydrogen) atoms. The van der Waals surface area contributed by atoms with E-state index in [1.54, 1.807) is 0 Å². The van der Waals surface area contributed by atoms with E-state index in [1.807, 2.05) is 6.92 Å². The third-order valence-corrected chi connectivity index (χ3v) is 4.59. The Morgan fingerprint density at radius 3 is 2.19 bits per heavy atom. The lowest BCUT2D eigenvalue weighted by atomic mass is 9.99.